The van der Waals surface area contributed by atoms with Gasteiger partial charge in [0, 0.05) is 12.6 Å². The van der Waals surface area contributed by atoms with Crippen molar-refractivity contribution in [3.63, 3.8) is 0 Å². The summed E-state index contributed by atoms with van der Waals surface area (Å²) in [5, 5.41) is 2.57. The second-order valence-corrected chi connectivity index (χ2v) is 2.88. The van der Waals surface area contributed by atoms with Gasteiger partial charge in [-0.15, -0.1) is 0 Å². The highest BCUT2D eigenvalue weighted by molar-refractivity contribution is 5.36. The first-order valence-electron chi connectivity index (χ1n) is 4.51. The molecule has 0 saturated heterocycles. The lowest BCUT2D eigenvalue weighted by Gasteiger charge is -2.05. The van der Waals surface area contributed by atoms with E-state index in [1.54, 1.807) is 0 Å². The maximum absolute atomic E-state index is 13.0. The summed E-state index contributed by atoms with van der Waals surface area (Å²) < 4.78 is 38.1. The van der Waals surface area contributed by atoms with Crippen molar-refractivity contribution in [3.8, 4) is 0 Å². The number of allylic oxidation sites excluding steroid dienone is 1. The van der Waals surface area contributed by atoms with Crippen LogP contribution in [0, 0.1) is 17.6 Å². The lowest BCUT2D eigenvalue weighted by Crippen LogP contribution is -2.07. The molecule has 2 nitrogen and oxygen atoms in total. The summed E-state index contributed by atoms with van der Waals surface area (Å²) in [6.45, 7) is 2.27. The molecule has 0 unspecified atom stereocenters. The van der Waals surface area contributed by atoms with Gasteiger partial charge in [-0.1, -0.05) is 12.2 Å². The molecular weight excluding hydrogens is 205 g/mol. The Morgan fingerprint density at radius 2 is 2.07 bits per heavy atom. The SMILES string of the molecule is C/C=C/CCNc1nc(F)c(F)cc1F. The topological polar surface area (TPSA) is 24.9 Å². The number of pyridine rings is 1. The van der Waals surface area contributed by atoms with E-state index in [-0.39, 0.29) is 5.82 Å². The first kappa shape index (κ1) is 11.6. The largest absolute Gasteiger partial charge is 0.367 e. The molecular formula is C10H11F3N2. The molecule has 1 heterocycles. The monoisotopic (exact) mass is 216 g/mol. The molecule has 1 aromatic heterocycles. The molecule has 0 aliphatic rings. The first-order valence-corrected chi connectivity index (χ1v) is 4.51. The Morgan fingerprint density at radius 1 is 1.33 bits per heavy atom. The fourth-order valence-corrected chi connectivity index (χ4v) is 1.01. The fraction of sp³-hybridized carbons (Fsp3) is 0.300. The average molecular weight is 216 g/mol. The van der Waals surface area contributed by atoms with Crippen LogP contribution in [0.15, 0.2) is 18.2 Å². The minimum absolute atomic E-state index is 0.265. The van der Waals surface area contributed by atoms with Crippen LogP contribution in [0.5, 0.6) is 0 Å². The van der Waals surface area contributed by atoms with Gasteiger partial charge in [0.25, 0.3) is 5.95 Å². The number of anilines is 1. The van der Waals surface area contributed by atoms with Crippen LogP contribution in [-0.2, 0) is 0 Å². The van der Waals surface area contributed by atoms with E-state index in [2.05, 4.69) is 10.3 Å². The normalized spacial score (nSPS) is 10.9. The zero-order valence-electron chi connectivity index (χ0n) is 8.23. The van der Waals surface area contributed by atoms with E-state index in [0.29, 0.717) is 19.0 Å². The number of nitrogens with zero attached hydrogens (tertiary/aromatic N) is 1. The molecule has 5 heteroatoms. The molecule has 0 fully saturated rings. The second kappa shape index (κ2) is 5.38. The molecule has 0 saturated carbocycles. The fourth-order valence-electron chi connectivity index (χ4n) is 1.01. The predicted molar refractivity (Wildman–Crippen MR) is 52.0 cm³/mol. The standard InChI is InChI=1S/C10H11F3N2/c1-2-3-4-5-14-10-8(12)6-7(11)9(13)15-10/h2-3,6H,4-5H2,1H3,(H,14,15)/b3-2+. The highest BCUT2D eigenvalue weighted by atomic mass is 19.2. The second-order valence-electron chi connectivity index (χ2n) is 2.88. The van der Waals surface area contributed by atoms with Crippen molar-refractivity contribution in [2.45, 2.75) is 13.3 Å². The molecule has 0 aliphatic heterocycles. The van der Waals surface area contributed by atoms with Gasteiger partial charge in [0.05, 0.1) is 0 Å². The number of hydrogen-bond donors (Lipinski definition) is 1. The molecule has 1 rings (SSSR count). The molecule has 0 bridgehead atoms. The smallest absolute Gasteiger partial charge is 0.251 e. The van der Waals surface area contributed by atoms with Gasteiger partial charge in [-0.05, 0) is 13.3 Å². The van der Waals surface area contributed by atoms with Gasteiger partial charge in [-0.2, -0.15) is 9.37 Å². The Kier molecular flexibility index (Phi) is 4.15. The minimum atomic E-state index is -1.30. The molecule has 82 valence electrons. The molecule has 1 aromatic rings. The Balaban J connectivity index is 2.65. The van der Waals surface area contributed by atoms with Crippen LogP contribution < -0.4 is 5.32 Å². The summed E-state index contributed by atoms with van der Waals surface area (Å²) in [5.74, 6) is -3.75. The number of hydrogen-bond acceptors (Lipinski definition) is 2. The Labute approximate surface area is 85.8 Å². The summed E-state index contributed by atoms with van der Waals surface area (Å²) >= 11 is 0. The van der Waals surface area contributed by atoms with Crippen molar-refractivity contribution < 1.29 is 13.2 Å². The predicted octanol–water partition coefficient (Wildman–Crippen LogP) is 2.88. The molecule has 0 aromatic carbocycles. The molecule has 0 spiro atoms. The van der Waals surface area contributed by atoms with Gasteiger partial charge in [0.2, 0.25) is 0 Å². The van der Waals surface area contributed by atoms with E-state index >= 15 is 0 Å². The van der Waals surface area contributed by atoms with E-state index in [4.69, 9.17) is 0 Å². The molecule has 0 aliphatic carbocycles. The summed E-state index contributed by atoms with van der Waals surface area (Å²) in [6.07, 6.45) is 4.37. The summed E-state index contributed by atoms with van der Waals surface area (Å²) in [6, 6.07) is 0.473. The third-order valence-electron chi connectivity index (χ3n) is 1.73. The van der Waals surface area contributed by atoms with Crippen LogP contribution in [0.25, 0.3) is 0 Å². The number of aromatic nitrogens is 1. The van der Waals surface area contributed by atoms with E-state index in [0.717, 1.165) is 0 Å². The highest BCUT2D eigenvalue weighted by Gasteiger charge is 2.10. The minimum Gasteiger partial charge on any atom is -0.367 e. The maximum atomic E-state index is 13.0. The zero-order chi connectivity index (χ0) is 11.3. The van der Waals surface area contributed by atoms with Crippen LogP contribution in [0.4, 0.5) is 19.0 Å². The Hall–Kier alpha value is -1.52. The molecule has 0 amide bonds. The van der Waals surface area contributed by atoms with Gasteiger partial charge in [-0.3, -0.25) is 0 Å². The van der Waals surface area contributed by atoms with Crippen molar-refractivity contribution in [1.29, 1.82) is 0 Å². The van der Waals surface area contributed by atoms with Crippen LogP contribution in [0.3, 0.4) is 0 Å². The zero-order valence-corrected chi connectivity index (χ0v) is 8.23. The van der Waals surface area contributed by atoms with Crippen molar-refractivity contribution >= 4 is 5.82 Å². The van der Waals surface area contributed by atoms with Gasteiger partial charge >= 0.3 is 0 Å². The number of nitrogens with one attached hydrogen (secondary N) is 1. The third-order valence-corrected chi connectivity index (χ3v) is 1.73. The van der Waals surface area contributed by atoms with E-state index in [1.165, 1.54) is 0 Å². The molecule has 0 radical (unpaired) electrons. The summed E-state index contributed by atoms with van der Waals surface area (Å²) in [7, 11) is 0. The lowest BCUT2D eigenvalue weighted by atomic mass is 10.3. The quantitative estimate of drug-likeness (QED) is 0.475. The molecule has 1 N–H and O–H groups in total. The maximum Gasteiger partial charge on any atom is 0.251 e. The van der Waals surface area contributed by atoms with Crippen molar-refractivity contribution in [2.75, 3.05) is 11.9 Å². The third kappa shape index (κ3) is 3.27. The van der Waals surface area contributed by atoms with Gasteiger partial charge < -0.3 is 5.32 Å². The molecule has 0 atom stereocenters. The van der Waals surface area contributed by atoms with Gasteiger partial charge in [0.1, 0.15) is 0 Å². The number of halogens is 3. The van der Waals surface area contributed by atoms with Gasteiger partial charge in [-0.25, -0.2) is 8.78 Å². The lowest BCUT2D eigenvalue weighted by molar-refractivity contribution is 0.466. The van der Waals surface area contributed by atoms with Crippen molar-refractivity contribution in [1.82, 2.24) is 4.98 Å². The highest BCUT2D eigenvalue weighted by Crippen LogP contribution is 2.13. The van der Waals surface area contributed by atoms with E-state index in [1.807, 2.05) is 19.1 Å². The Bertz CT molecular complexity index is 364. The van der Waals surface area contributed by atoms with Crippen LogP contribution in [0.1, 0.15) is 13.3 Å². The van der Waals surface area contributed by atoms with Crippen LogP contribution in [-0.4, -0.2) is 11.5 Å². The van der Waals surface area contributed by atoms with Crippen LogP contribution >= 0.6 is 0 Å². The summed E-state index contributed by atoms with van der Waals surface area (Å²) in [5.41, 5.74) is 0. The van der Waals surface area contributed by atoms with Gasteiger partial charge in [0.15, 0.2) is 17.5 Å². The van der Waals surface area contributed by atoms with E-state index in [9.17, 15) is 13.2 Å². The Morgan fingerprint density at radius 3 is 2.73 bits per heavy atom. The van der Waals surface area contributed by atoms with Crippen LogP contribution in [0.2, 0.25) is 0 Å². The molecule has 15 heavy (non-hydrogen) atoms. The number of rotatable bonds is 4. The summed E-state index contributed by atoms with van der Waals surface area (Å²) in [4.78, 5) is 3.12. The van der Waals surface area contributed by atoms with E-state index < -0.39 is 17.6 Å². The van der Waals surface area contributed by atoms with Crippen molar-refractivity contribution in [2.24, 2.45) is 0 Å². The average Bonchev–Trinajstić information content (AvgIpc) is 2.20. The van der Waals surface area contributed by atoms with Crippen molar-refractivity contribution in [3.05, 3.63) is 35.8 Å². The first-order chi connectivity index (χ1) is 7.15.